The molecule has 0 atom stereocenters. The van der Waals surface area contributed by atoms with E-state index in [2.05, 4.69) is 113 Å². The van der Waals surface area contributed by atoms with Crippen molar-refractivity contribution in [2.45, 2.75) is 85.1 Å². The van der Waals surface area contributed by atoms with Crippen LogP contribution in [0.4, 0.5) is 0 Å². The van der Waals surface area contributed by atoms with Crippen LogP contribution in [0.15, 0.2) is 41.5 Å². The number of nitrogens with zero attached hydrogens (tertiary/aromatic N) is 3. The molecule has 1 aliphatic heterocycles. The van der Waals surface area contributed by atoms with Crippen molar-refractivity contribution in [2.24, 2.45) is 5.10 Å². The van der Waals surface area contributed by atoms with Gasteiger partial charge in [0.2, 0.25) is 0 Å². The van der Waals surface area contributed by atoms with Crippen LogP contribution in [0.2, 0.25) is 0 Å². The molecule has 2 aromatic carbocycles. The molecule has 0 bridgehead atoms. The van der Waals surface area contributed by atoms with Gasteiger partial charge in [0.05, 0.1) is 12.8 Å². The lowest BCUT2D eigenvalue weighted by Gasteiger charge is -2.34. The molecule has 2 N–H and O–H groups in total. The Morgan fingerprint density at radius 1 is 0.842 bits per heavy atom. The number of piperazine rings is 1. The zero-order chi connectivity index (χ0) is 28.3. The fourth-order valence-corrected chi connectivity index (χ4v) is 4.65. The summed E-state index contributed by atoms with van der Waals surface area (Å²) in [5, 5.41) is 15.1. The highest BCUT2D eigenvalue weighted by Crippen LogP contribution is 2.37. The van der Waals surface area contributed by atoms with E-state index in [1.165, 1.54) is 11.1 Å². The molecule has 1 aliphatic rings. The van der Waals surface area contributed by atoms with Crippen LogP contribution < -0.4 is 5.43 Å². The van der Waals surface area contributed by atoms with Gasteiger partial charge in [-0.25, -0.2) is 5.43 Å². The third kappa shape index (κ3) is 8.15. The first kappa shape index (κ1) is 29.9. The van der Waals surface area contributed by atoms with Crippen molar-refractivity contribution >= 4 is 12.1 Å². The number of carbonyl (C=O) groups is 1. The number of phenolic OH excluding ortho intramolecular Hbond substituents is 1. The SMILES string of the molecule is CC(C)(C)c1ccc(CN2CCN(CC(=O)N/N=C/c3cc(C(C)(C)C)cc(C(C)(C)C)c3O)CC2)cc1. The molecule has 1 amide bonds. The molecule has 0 aliphatic carbocycles. The van der Waals surface area contributed by atoms with E-state index >= 15 is 0 Å². The molecule has 3 rings (SSSR count). The molecule has 38 heavy (non-hydrogen) atoms. The number of benzene rings is 2. The van der Waals surface area contributed by atoms with E-state index in [1.807, 2.05) is 6.07 Å². The van der Waals surface area contributed by atoms with Crippen molar-refractivity contribution in [2.75, 3.05) is 32.7 Å². The van der Waals surface area contributed by atoms with Gasteiger partial charge < -0.3 is 5.11 Å². The lowest BCUT2D eigenvalue weighted by atomic mass is 9.79. The number of phenols is 1. The van der Waals surface area contributed by atoms with Gasteiger partial charge in [0.1, 0.15) is 5.75 Å². The van der Waals surface area contributed by atoms with Crippen LogP contribution in [0, 0.1) is 0 Å². The molecule has 2 aromatic rings. The minimum atomic E-state index is -0.213. The Morgan fingerprint density at radius 2 is 1.39 bits per heavy atom. The van der Waals surface area contributed by atoms with E-state index in [9.17, 15) is 9.90 Å². The highest BCUT2D eigenvalue weighted by molar-refractivity contribution is 5.86. The molecule has 0 saturated carbocycles. The quantitative estimate of drug-likeness (QED) is 0.387. The summed E-state index contributed by atoms with van der Waals surface area (Å²) in [6.45, 7) is 24.2. The first-order valence-electron chi connectivity index (χ1n) is 13.8. The van der Waals surface area contributed by atoms with E-state index in [0.29, 0.717) is 12.1 Å². The summed E-state index contributed by atoms with van der Waals surface area (Å²) < 4.78 is 0. The van der Waals surface area contributed by atoms with E-state index in [4.69, 9.17) is 0 Å². The molecular formula is C32H48N4O2. The first-order valence-corrected chi connectivity index (χ1v) is 13.8. The van der Waals surface area contributed by atoms with Crippen LogP contribution in [0.25, 0.3) is 0 Å². The molecule has 0 aromatic heterocycles. The number of hydrogen-bond acceptors (Lipinski definition) is 5. The largest absolute Gasteiger partial charge is 0.507 e. The Balaban J connectivity index is 1.52. The zero-order valence-corrected chi connectivity index (χ0v) is 25.0. The molecule has 1 saturated heterocycles. The number of rotatable bonds is 6. The van der Waals surface area contributed by atoms with Gasteiger partial charge in [0.25, 0.3) is 5.91 Å². The fourth-order valence-electron chi connectivity index (χ4n) is 4.65. The lowest BCUT2D eigenvalue weighted by molar-refractivity contribution is -0.122. The fraction of sp³-hybridized carbons (Fsp3) is 0.562. The van der Waals surface area contributed by atoms with E-state index in [-0.39, 0.29) is 27.9 Å². The minimum Gasteiger partial charge on any atom is -0.507 e. The predicted octanol–water partition coefficient (Wildman–Crippen LogP) is 5.55. The molecule has 0 unspecified atom stereocenters. The first-order chi connectivity index (χ1) is 17.5. The summed E-state index contributed by atoms with van der Waals surface area (Å²) in [7, 11) is 0. The number of hydrogen-bond donors (Lipinski definition) is 2. The lowest BCUT2D eigenvalue weighted by Crippen LogP contribution is -2.48. The van der Waals surface area contributed by atoms with Gasteiger partial charge in [0.15, 0.2) is 0 Å². The van der Waals surface area contributed by atoms with E-state index < -0.39 is 0 Å². The second kappa shape index (κ2) is 11.6. The molecular weight excluding hydrogens is 472 g/mol. The molecule has 1 heterocycles. The highest BCUT2D eigenvalue weighted by atomic mass is 16.3. The van der Waals surface area contributed by atoms with E-state index in [1.54, 1.807) is 6.21 Å². The van der Waals surface area contributed by atoms with Gasteiger partial charge in [-0.3, -0.25) is 14.6 Å². The van der Waals surface area contributed by atoms with Crippen molar-refractivity contribution < 1.29 is 9.90 Å². The predicted molar refractivity (Wildman–Crippen MR) is 158 cm³/mol. The Hall–Kier alpha value is -2.70. The van der Waals surface area contributed by atoms with Crippen LogP contribution >= 0.6 is 0 Å². The summed E-state index contributed by atoms with van der Waals surface area (Å²) in [5.74, 6) is 0.0719. The molecule has 6 heteroatoms. The number of amides is 1. The maximum absolute atomic E-state index is 12.6. The topological polar surface area (TPSA) is 68.2 Å². The molecule has 0 spiro atoms. The Bertz CT molecular complexity index is 1120. The van der Waals surface area contributed by atoms with Gasteiger partial charge in [0, 0.05) is 43.9 Å². The normalized spacial score (nSPS) is 16.2. The van der Waals surface area contributed by atoms with E-state index in [0.717, 1.165) is 43.9 Å². The highest BCUT2D eigenvalue weighted by Gasteiger charge is 2.25. The van der Waals surface area contributed by atoms with Crippen LogP contribution in [0.1, 0.15) is 90.1 Å². The number of hydrazone groups is 1. The number of carbonyl (C=O) groups excluding carboxylic acids is 1. The van der Waals surface area contributed by atoms with Crippen molar-refractivity contribution in [1.82, 2.24) is 15.2 Å². The second-order valence-corrected chi connectivity index (χ2v) is 13.8. The Labute approximate surface area is 230 Å². The summed E-state index contributed by atoms with van der Waals surface area (Å²) in [6.07, 6.45) is 1.56. The van der Waals surface area contributed by atoms with Gasteiger partial charge >= 0.3 is 0 Å². The summed E-state index contributed by atoms with van der Waals surface area (Å²) in [5.41, 5.74) is 7.83. The van der Waals surface area contributed by atoms with Crippen LogP contribution in [0.3, 0.4) is 0 Å². The number of aromatic hydroxyl groups is 1. The average Bonchev–Trinajstić information content (AvgIpc) is 2.79. The van der Waals surface area contributed by atoms with Crippen molar-refractivity contribution in [3.8, 4) is 5.75 Å². The molecule has 208 valence electrons. The average molecular weight is 521 g/mol. The Kier molecular flexibility index (Phi) is 9.10. The van der Waals surface area contributed by atoms with Crippen molar-refractivity contribution in [3.05, 3.63) is 64.2 Å². The van der Waals surface area contributed by atoms with Gasteiger partial charge in [-0.2, -0.15) is 5.10 Å². The molecule has 6 nitrogen and oxygen atoms in total. The standard InChI is InChI=1S/C32H48N4O2/c1-30(2,3)25-12-10-23(11-13-25)21-35-14-16-36(17-15-35)22-28(37)34-33-20-24-18-26(31(4,5)6)19-27(29(24)38)32(7,8)9/h10-13,18-20,38H,14-17,21-22H2,1-9H3,(H,34,37)/b33-20+. The monoisotopic (exact) mass is 520 g/mol. The van der Waals surface area contributed by atoms with Crippen LogP contribution in [0.5, 0.6) is 5.75 Å². The zero-order valence-electron chi connectivity index (χ0n) is 25.0. The van der Waals surface area contributed by atoms with Gasteiger partial charge in [-0.15, -0.1) is 0 Å². The van der Waals surface area contributed by atoms with Gasteiger partial charge in [-0.1, -0.05) is 92.6 Å². The maximum atomic E-state index is 12.6. The smallest absolute Gasteiger partial charge is 0.254 e. The molecule has 1 fully saturated rings. The van der Waals surface area contributed by atoms with Crippen molar-refractivity contribution in [3.63, 3.8) is 0 Å². The van der Waals surface area contributed by atoms with Gasteiger partial charge in [-0.05, 0) is 39.0 Å². The maximum Gasteiger partial charge on any atom is 0.254 e. The van der Waals surface area contributed by atoms with Crippen molar-refractivity contribution in [1.29, 1.82) is 0 Å². The van der Waals surface area contributed by atoms with Crippen LogP contribution in [-0.2, 0) is 27.6 Å². The summed E-state index contributed by atoms with van der Waals surface area (Å²) >= 11 is 0. The van der Waals surface area contributed by atoms with Crippen LogP contribution in [-0.4, -0.2) is 59.8 Å². The summed E-state index contributed by atoms with van der Waals surface area (Å²) in [4.78, 5) is 17.2. The number of nitrogens with one attached hydrogen (secondary N) is 1. The molecule has 0 radical (unpaired) electrons. The minimum absolute atomic E-state index is 0.0719. The summed E-state index contributed by atoms with van der Waals surface area (Å²) in [6, 6.07) is 13.0. The third-order valence-electron chi connectivity index (χ3n) is 7.26. The third-order valence-corrected chi connectivity index (χ3v) is 7.26. The second-order valence-electron chi connectivity index (χ2n) is 13.8. The Morgan fingerprint density at radius 3 is 1.92 bits per heavy atom.